The second-order valence-corrected chi connectivity index (χ2v) is 17.1. The number of hydrogen-bond donors (Lipinski definition) is 4. The van der Waals surface area contributed by atoms with Crippen molar-refractivity contribution in [3.63, 3.8) is 0 Å². The standard InChI is InChI=1S/C47H41ClFN7O9S/c48-41-29-8-11-34(42(41)58)39-40-45(51-26-52-46(40)66-43(39)28-6-9-31(49)10-7-28)64-37(47(59)60)22-30-21-27(23-55(24-29)38(57)14-16-54-17-19-56(61)20-18-54)5-12-35(30)63-25-32-13-15-50-44(53-32)33-3-1-2-4-36(33)65-62/h1-13,15,21,26,37,58,61-62H,14,16-20,22-25H2,(H,59,60)/t37-/m1/s1. The summed E-state index contributed by atoms with van der Waals surface area (Å²) in [7, 11) is 0. The van der Waals surface area contributed by atoms with E-state index in [0.29, 0.717) is 92.6 Å². The lowest BCUT2D eigenvalue weighted by Gasteiger charge is -2.31. The Labute approximate surface area is 385 Å². The summed E-state index contributed by atoms with van der Waals surface area (Å²) in [5.74, 6) is -1.58. The lowest BCUT2D eigenvalue weighted by Crippen LogP contribution is -2.45. The fourth-order valence-electron chi connectivity index (χ4n) is 8.05. The molecule has 19 heteroatoms. The van der Waals surface area contributed by atoms with Gasteiger partial charge in [-0.05, 0) is 58.7 Å². The molecule has 3 aliphatic heterocycles. The number of aromatic nitrogens is 4. The fraction of sp³-hybridized carbons (Fsp3) is 0.234. The van der Waals surface area contributed by atoms with Crippen LogP contribution >= 0.6 is 22.9 Å². The molecule has 4 bridgehead atoms. The van der Waals surface area contributed by atoms with Crippen molar-refractivity contribution >= 4 is 45.0 Å². The van der Waals surface area contributed by atoms with E-state index in [1.54, 1.807) is 83.9 Å². The van der Waals surface area contributed by atoms with Crippen LogP contribution in [0, 0.1) is 5.82 Å². The number of thiophene rings is 1. The zero-order valence-electron chi connectivity index (χ0n) is 35.0. The van der Waals surface area contributed by atoms with Crippen LogP contribution in [0.4, 0.5) is 4.39 Å². The SMILES string of the molecule is O=C(O)[C@H]1Cc2cc(ccc2OCc2ccnc(-c3ccccc3OO)n2)CN(C(=O)CCN2CCN(O)CC2)Cc2ccc(c(O)c2Cl)-c2c(-c3ccc(F)cc3)sc3ncnc(c23)O1. The van der Waals surface area contributed by atoms with Gasteiger partial charge in [0.1, 0.15) is 35.1 Å². The molecule has 0 unspecified atom stereocenters. The number of carbonyl (C=O) groups excluding carboxylic acids is 1. The molecule has 3 aliphatic rings. The number of nitrogens with zero attached hydrogens (tertiary/aromatic N) is 7. The number of carboxylic acid groups (broad SMARTS) is 1. The molecule has 4 aromatic carbocycles. The van der Waals surface area contributed by atoms with Crippen molar-refractivity contribution in [2.45, 2.75) is 38.6 Å². The number of phenols is 1. The van der Waals surface area contributed by atoms with Gasteiger partial charge >= 0.3 is 5.97 Å². The average Bonchev–Trinajstić information content (AvgIpc) is 3.72. The summed E-state index contributed by atoms with van der Waals surface area (Å²) >= 11 is 8.26. The number of carboxylic acids is 1. The highest BCUT2D eigenvalue weighted by atomic mass is 35.5. The maximum atomic E-state index is 14.3. The number of aliphatic carboxylic acids is 1. The van der Waals surface area contributed by atoms with Crippen molar-refractivity contribution in [1.82, 2.24) is 34.8 Å². The molecule has 10 rings (SSSR count). The first-order valence-electron chi connectivity index (χ1n) is 20.9. The number of aromatic hydroxyl groups is 1. The Bertz CT molecular complexity index is 2930. The number of fused-ring (bicyclic) bond motifs is 6. The van der Waals surface area contributed by atoms with E-state index in [0.717, 1.165) is 0 Å². The Morgan fingerprint density at radius 2 is 1.71 bits per heavy atom. The molecule has 0 aliphatic carbocycles. The molecule has 7 aromatic rings. The topological polar surface area (TPSA) is 204 Å². The maximum absolute atomic E-state index is 14.3. The van der Waals surface area contributed by atoms with E-state index in [2.05, 4.69) is 29.7 Å². The maximum Gasteiger partial charge on any atom is 0.345 e. The summed E-state index contributed by atoms with van der Waals surface area (Å²) < 4.78 is 26.9. The molecule has 0 spiro atoms. The highest BCUT2D eigenvalue weighted by Crippen LogP contribution is 2.51. The number of carbonyl (C=O) groups is 2. The highest BCUT2D eigenvalue weighted by Gasteiger charge is 2.30. The van der Waals surface area contributed by atoms with Crippen molar-refractivity contribution in [1.29, 1.82) is 0 Å². The van der Waals surface area contributed by atoms with Crippen LogP contribution in [0.2, 0.25) is 5.02 Å². The smallest absolute Gasteiger partial charge is 0.345 e. The summed E-state index contributed by atoms with van der Waals surface area (Å²) in [6.45, 7) is 2.56. The summed E-state index contributed by atoms with van der Waals surface area (Å²) in [5, 5.41) is 43.6. The van der Waals surface area contributed by atoms with Gasteiger partial charge in [-0.1, -0.05) is 60.1 Å². The predicted molar refractivity (Wildman–Crippen MR) is 241 cm³/mol. The van der Waals surface area contributed by atoms with Gasteiger partial charge in [-0.2, -0.15) is 5.06 Å². The Balaban J connectivity index is 1.14. The Hall–Kier alpha value is -6.80. The first-order valence-corrected chi connectivity index (χ1v) is 22.1. The third-order valence-corrected chi connectivity index (χ3v) is 13.0. The minimum atomic E-state index is -1.55. The van der Waals surface area contributed by atoms with Crippen molar-refractivity contribution in [3.8, 4) is 56.1 Å². The third kappa shape index (κ3) is 9.46. The van der Waals surface area contributed by atoms with Crippen molar-refractivity contribution in [2.24, 2.45) is 0 Å². The molecular formula is C47H41ClFN7O9S. The van der Waals surface area contributed by atoms with Gasteiger partial charge in [0, 0.05) is 80.9 Å². The molecule has 1 atom stereocenters. The number of ether oxygens (including phenoxy) is 2. The average molecular weight is 934 g/mol. The van der Waals surface area contributed by atoms with Gasteiger partial charge in [0.15, 0.2) is 11.6 Å². The molecule has 6 heterocycles. The van der Waals surface area contributed by atoms with E-state index in [1.807, 2.05) is 0 Å². The lowest BCUT2D eigenvalue weighted by atomic mass is 9.97. The number of benzene rings is 4. The van der Waals surface area contributed by atoms with Crippen LogP contribution in [0.15, 0.2) is 97.5 Å². The summed E-state index contributed by atoms with van der Waals surface area (Å²) in [5.41, 5.74) is 3.70. The second kappa shape index (κ2) is 19.4. The Kier molecular flexibility index (Phi) is 13.0. The number of para-hydroxylation sites is 1. The number of rotatable bonds is 10. The van der Waals surface area contributed by atoms with Crippen molar-refractivity contribution in [3.05, 3.63) is 131 Å². The molecule has 1 saturated heterocycles. The fourth-order valence-corrected chi connectivity index (χ4v) is 9.43. The first kappa shape index (κ1) is 44.4. The molecule has 1 amide bonds. The molecular weight excluding hydrogens is 893 g/mol. The first-order chi connectivity index (χ1) is 32.0. The number of hydroxylamine groups is 2. The zero-order valence-corrected chi connectivity index (χ0v) is 36.6. The molecule has 0 radical (unpaired) electrons. The Morgan fingerprint density at radius 3 is 2.50 bits per heavy atom. The molecule has 66 heavy (non-hydrogen) atoms. The van der Waals surface area contributed by atoms with E-state index in [1.165, 1.54) is 34.9 Å². The number of phenolic OH excluding ortho intramolecular Hbond substituents is 1. The lowest BCUT2D eigenvalue weighted by molar-refractivity contribution is -0.145. The van der Waals surface area contributed by atoms with E-state index in [9.17, 15) is 34.7 Å². The number of hydrogen-bond acceptors (Lipinski definition) is 15. The van der Waals surface area contributed by atoms with Gasteiger partial charge in [0.05, 0.1) is 21.7 Å². The normalized spacial score (nSPS) is 15.7. The number of piperazine rings is 1. The van der Waals surface area contributed by atoms with Crippen molar-refractivity contribution < 1.29 is 49.0 Å². The highest BCUT2D eigenvalue weighted by molar-refractivity contribution is 7.22. The summed E-state index contributed by atoms with van der Waals surface area (Å²) in [6.07, 6.45) is 1.18. The van der Waals surface area contributed by atoms with Crippen LogP contribution < -0.4 is 14.4 Å². The molecule has 16 nitrogen and oxygen atoms in total. The Morgan fingerprint density at radius 1 is 0.909 bits per heavy atom. The van der Waals surface area contributed by atoms with Crippen LogP contribution in [-0.2, 0) is 35.7 Å². The molecule has 1 fully saturated rings. The van der Waals surface area contributed by atoms with Gasteiger partial charge < -0.3 is 39.6 Å². The molecule has 3 aromatic heterocycles. The van der Waals surface area contributed by atoms with Gasteiger partial charge in [0.2, 0.25) is 17.9 Å². The molecule has 0 saturated carbocycles. The zero-order chi connectivity index (χ0) is 45.9. The van der Waals surface area contributed by atoms with Crippen LogP contribution in [-0.4, -0.2) is 106 Å². The minimum Gasteiger partial charge on any atom is -0.506 e. The quantitative estimate of drug-likeness (QED) is 0.0766. The molecule has 338 valence electrons. The van der Waals surface area contributed by atoms with Crippen LogP contribution in [0.25, 0.3) is 43.2 Å². The largest absolute Gasteiger partial charge is 0.506 e. The summed E-state index contributed by atoms with van der Waals surface area (Å²) in [4.78, 5) is 54.6. The van der Waals surface area contributed by atoms with E-state index in [4.69, 9.17) is 21.1 Å². The van der Waals surface area contributed by atoms with Crippen LogP contribution in [0.1, 0.15) is 28.8 Å². The van der Waals surface area contributed by atoms with Crippen LogP contribution in [0.3, 0.4) is 0 Å². The van der Waals surface area contributed by atoms with E-state index >= 15 is 0 Å². The van der Waals surface area contributed by atoms with Gasteiger partial charge in [-0.25, -0.2) is 34.4 Å². The van der Waals surface area contributed by atoms with Crippen molar-refractivity contribution in [2.75, 3.05) is 32.7 Å². The van der Waals surface area contributed by atoms with Gasteiger partial charge in [0.25, 0.3) is 0 Å². The second-order valence-electron chi connectivity index (χ2n) is 15.7. The predicted octanol–water partition coefficient (Wildman–Crippen LogP) is 7.73. The van der Waals surface area contributed by atoms with E-state index in [-0.39, 0.29) is 72.2 Å². The van der Waals surface area contributed by atoms with E-state index < -0.39 is 17.9 Å². The number of amides is 1. The van der Waals surface area contributed by atoms with Gasteiger partial charge in [-0.15, -0.1) is 11.3 Å². The minimum absolute atomic E-state index is 0.00621. The van der Waals surface area contributed by atoms with Gasteiger partial charge in [-0.3, -0.25) is 4.79 Å². The third-order valence-electron chi connectivity index (χ3n) is 11.5. The molecule has 4 N–H and O–H groups in total. The van der Waals surface area contributed by atoms with Crippen LogP contribution in [0.5, 0.6) is 23.1 Å². The summed E-state index contributed by atoms with van der Waals surface area (Å²) in [6, 6.07) is 22.8. The monoisotopic (exact) mass is 933 g/mol. The number of halogens is 2.